The fourth-order valence-electron chi connectivity index (χ4n) is 7.10. The lowest BCUT2D eigenvalue weighted by atomic mass is 9.77. The molecule has 5 heteroatoms. The Morgan fingerprint density at radius 2 is 1.12 bits per heavy atom. The number of para-hydroxylation sites is 3. The molecule has 4 nitrogen and oxygen atoms in total. The highest BCUT2D eigenvalue weighted by Gasteiger charge is 2.52. The predicted octanol–water partition coefficient (Wildman–Crippen LogP) is 8.23. The van der Waals surface area contributed by atoms with Crippen LogP contribution in [0.2, 0.25) is 0 Å². The lowest BCUT2D eigenvalue weighted by Crippen LogP contribution is -2.41. The zero-order valence-electron chi connectivity index (χ0n) is 23.6. The number of nitrogens with zero attached hydrogens (tertiary/aromatic N) is 2. The average Bonchev–Trinajstić information content (AvgIpc) is 3.54. The number of fused-ring (bicyclic) bond motifs is 5. The lowest BCUT2D eigenvalue weighted by molar-refractivity contribution is 0.00578. The Bertz CT molecular complexity index is 2310. The molecule has 0 amide bonds. The quantitative estimate of drug-likeness (QED) is 0.210. The van der Waals surface area contributed by atoms with E-state index >= 15 is 0 Å². The van der Waals surface area contributed by atoms with Crippen LogP contribution >= 0.6 is 0 Å². The van der Waals surface area contributed by atoms with Gasteiger partial charge < -0.3 is 18.3 Å². The van der Waals surface area contributed by atoms with Crippen molar-refractivity contribution in [3.05, 3.63) is 103 Å². The average molecular weight is 532 g/mol. The van der Waals surface area contributed by atoms with E-state index < -0.39 is 18.3 Å². The van der Waals surface area contributed by atoms with Gasteiger partial charge in [0.25, 0.3) is 0 Å². The second-order valence-corrected chi connectivity index (χ2v) is 12.4. The fourth-order valence-corrected chi connectivity index (χ4v) is 7.10. The van der Waals surface area contributed by atoms with E-state index in [-0.39, 0.29) is 0 Å². The molecule has 0 radical (unpaired) electrons. The molecule has 1 saturated heterocycles. The highest BCUT2D eigenvalue weighted by atomic mass is 16.7. The molecule has 0 N–H and O–H groups in total. The topological polar surface area (TPSA) is 27.8 Å². The predicted molar refractivity (Wildman–Crippen MR) is 171 cm³/mol. The Morgan fingerprint density at radius 1 is 0.512 bits per heavy atom. The Labute approximate surface area is 238 Å². The zero-order valence-corrected chi connectivity index (χ0v) is 23.6. The van der Waals surface area contributed by atoms with Crippen molar-refractivity contribution in [2.45, 2.75) is 38.9 Å². The van der Waals surface area contributed by atoms with Crippen molar-refractivity contribution >= 4 is 72.5 Å². The van der Waals surface area contributed by atoms with Crippen LogP contribution in [0.25, 0.3) is 65.6 Å². The minimum Gasteiger partial charge on any atom is -0.399 e. The van der Waals surface area contributed by atoms with Crippen molar-refractivity contribution in [1.82, 2.24) is 8.97 Å². The zero-order chi connectivity index (χ0) is 27.7. The van der Waals surface area contributed by atoms with Crippen LogP contribution in [0.1, 0.15) is 27.7 Å². The van der Waals surface area contributed by atoms with Crippen molar-refractivity contribution in [2.75, 3.05) is 0 Å². The van der Waals surface area contributed by atoms with E-state index in [4.69, 9.17) is 9.31 Å². The smallest absolute Gasteiger partial charge is 0.399 e. The second kappa shape index (κ2) is 7.70. The van der Waals surface area contributed by atoms with Crippen LogP contribution in [0.5, 0.6) is 0 Å². The van der Waals surface area contributed by atoms with Crippen molar-refractivity contribution in [1.29, 1.82) is 0 Å². The van der Waals surface area contributed by atoms with E-state index in [1.165, 1.54) is 54.4 Å². The van der Waals surface area contributed by atoms with Crippen molar-refractivity contribution in [2.24, 2.45) is 0 Å². The van der Waals surface area contributed by atoms with Crippen LogP contribution in [0, 0.1) is 0 Å². The summed E-state index contributed by atoms with van der Waals surface area (Å²) in [6.45, 7) is 8.49. The van der Waals surface area contributed by atoms with E-state index in [2.05, 4.69) is 140 Å². The maximum atomic E-state index is 6.70. The molecule has 0 atom stereocenters. The minimum atomic E-state index is -0.490. The molecule has 3 aromatic heterocycles. The van der Waals surface area contributed by atoms with Crippen LogP contribution in [0.4, 0.5) is 0 Å². The van der Waals surface area contributed by atoms with Crippen LogP contribution in [0.3, 0.4) is 0 Å². The first-order chi connectivity index (χ1) is 19.9. The van der Waals surface area contributed by atoms with Gasteiger partial charge in [0.2, 0.25) is 0 Å². The third kappa shape index (κ3) is 2.87. The van der Waals surface area contributed by atoms with Gasteiger partial charge >= 0.3 is 7.12 Å². The first-order valence-electron chi connectivity index (χ1n) is 14.4. The van der Waals surface area contributed by atoms with E-state index in [1.54, 1.807) is 0 Å². The largest absolute Gasteiger partial charge is 0.497 e. The summed E-state index contributed by atoms with van der Waals surface area (Å²) in [7, 11) is -0.490. The van der Waals surface area contributed by atoms with E-state index in [0.717, 1.165) is 16.7 Å². The van der Waals surface area contributed by atoms with Crippen molar-refractivity contribution in [3.63, 3.8) is 0 Å². The molecule has 0 aliphatic carbocycles. The van der Waals surface area contributed by atoms with Gasteiger partial charge in [0, 0.05) is 38.1 Å². The van der Waals surface area contributed by atoms with Gasteiger partial charge in [-0.05, 0) is 63.4 Å². The number of hydrogen-bond donors (Lipinski definition) is 0. The van der Waals surface area contributed by atoms with Gasteiger partial charge in [-0.25, -0.2) is 0 Å². The lowest BCUT2D eigenvalue weighted by Gasteiger charge is -2.32. The van der Waals surface area contributed by atoms with Gasteiger partial charge in [-0.1, -0.05) is 72.8 Å². The first-order valence-corrected chi connectivity index (χ1v) is 14.4. The molecule has 5 aromatic carbocycles. The van der Waals surface area contributed by atoms with Gasteiger partial charge in [-0.2, -0.15) is 0 Å². The Hall–Kier alpha value is -4.32. The molecule has 4 heterocycles. The summed E-state index contributed by atoms with van der Waals surface area (Å²) in [5.41, 5.74) is 7.26. The van der Waals surface area contributed by atoms with Crippen LogP contribution in [-0.2, 0) is 9.31 Å². The van der Waals surface area contributed by atoms with Gasteiger partial charge in [-0.15, -0.1) is 0 Å². The molecule has 0 saturated carbocycles. The molecular weight excluding hydrogens is 503 g/mol. The summed E-state index contributed by atoms with van der Waals surface area (Å²) in [6.07, 6.45) is 0. The van der Waals surface area contributed by atoms with E-state index in [0.29, 0.717) is 0 Å². The standard InChI is InChI=1S/C36H29BN2O2/c1-35(2)36(3,4)41-37(40-35)27-20-21-30-32-31-24(15-11-19-29(31)38(34(27)32)22-12-6-5-7-13-22)26-17-10-16-25-23-14-8-9-18-28(23)39(30)33(25)26/h5-21H,1-4H3. The summed E-state index contributed by atoms with van der Waals surface area (Å²) < 4.78 is 18.3. The molecule has 198 valence electrons. The third-order valence-corrected chi connectivity index (χ3v) is 9.69. The molecular formula is C36H29BN2O2. The SMILES string of the molecule is CC1(C)OB(c2ccc3c4c5c(cccc5n(-c5ccccc5)c24)c2cccc4c5ccccc5n3c24)OC1(C)C. The minimum absolute atomic E-state index is 0.440. The van der Waals surface area contributed by atoms with Crippen molar-refractivity contribution in [3.8, 4) is 5.69 Å². The maximum Gasteiger partial charge on any atom is 0.497 e. The second-order valence-electron chi connectivity index (χ2n) is 12.4. The van der Waals surface area contributed by atoms with Gasteiger partial charge in [0.05, 0.1) is 38.8 Å². The molecule has 1 fully saturated rings. The summed E-state index contributed by atoms with van der Waals surface area (Å²) in [5.74, 6) is 0. The van der Waals surface area contributed by atoms with Crippen LogP contribution < -0.4 is 5.46 Å². The molecule has 1 aliphatic rings. The number of hydrogen-bond acceptors (Lipinski definition) is 2. The monoisotopic (exact) mass is 532 g/mol. The molecule has 1 aliphatic heterocycles. The van der Waals surface area contributed by atoms with Gasteiger partial charge in [0.15, 0.2) is 0 Å². The van der Waals surface area contributed by atoms with Crippen molar-refractivity contribution < 1.29 is 9.31 Å². The first kappa shape index (κ1) is 23.4. The fraction of sp³-hybridized carbons (Fsp3) is 0.167. The molecule has 41 heavy (non-hydrogen) atoms. The number of aromatic nitrogens is 2. The Morgan fingerprint density at radius 3 is 1.90 bits per heavy atom. The van der Waals surface area contributed by atoms with E-state index in [1.807, 2.05) is 0 Å². The van der Waals surface area contributed by atoms with Crippen LogP contribution in [-0.4, -0.2) is 27.3 Å². The normalized spacial score (nSPS) is 16.9. The Kier molecular flexibility index (Phi) is 4.39. The van der Waals surface area contributed by atoms with Gasteiger partial charge in [0.1, 0.15) is 0 Å². The number of benzene rings is 5. The molecule has 8 aromatic rings. The molecule has 0 spiro atoms. The van der Waals surface area contributed by atoms with Crippen LogP contribution in [0.15, 0.2) is 103 Å². The molecule has 0 bridgehead atoms. The number of rotatable bonds is 2. The van der Waals surface area contributed by atoms with Gasteiger partial charge in [-0.3, -0.25) is 0 Å². The summed E-state index contributed by atoms with van der Waals surface area (Å²) in [4.78, 5) is 0. The maximum absolute atomic E-state index is 6.70. The Balaban J connectivity index is 1.57. The summed E-state index contributed by atoms with van der Waals surface area (Å²) in [5, 5.41) is 7.54. The summed E-state index contributed by atoms with van der Waals surface area (Å²) >= 11 is 0. The molecule has 9 rings (SSSR count). The highest BCUT2D eigenvalue weighted by Crippen LogP contribution is 2.44. The highest BCUT2D eigenvalue weighted by molar-refractivity contribution is 6.65. The summed E-state index contributed by atoms with van der Waals surface area (Å²) in [6, 6.07) is 37.4. The molecule has 0 unspecified atom stereocenters. The van der Waals surface area contributed by atoms with E-state index in [9.17, 15) is 0 Å². The third-order valence-electron chi connectivity index (χ3n) is 9.69.